The van der Waals surface area contributed by atoms with Crippen molar-refractivity contribution in [3.05, 3.63) is 65.5 Å². The zero-order valence-corrected chi connectivity index (χ0v) is 19.2. The highest BCUT2D eigenvalue weighted by Crippen LogP contribution is 2.21. The fourth-order valence-electron chi connectivity index (χ4n) is 4.67. The molecule has 2 aromatic carbocycles. The minimum atomic E-state index is -0.233. The van der Waals surface area contributed by atoms with Gasteiger partial charge in [0.25, 0.3) is 5.91 Å². The second-order valence-corrected chi connectivity index (χ2v) is 8.78. The Morgan fingerprint density at radius 2 is 1.79 bits per heavy atom. The zero-order valence-electron chi connectivity index (χ0n) is 19.2. The fourth-order valence-corrected chi connectivity index (χ4v) is 4.67. The summed E-state index contributed by atoms with van der Waals surface area (Å²) in [5.41, 5.74) is 2.82. The Bertz CT molecular complexity index is 958. The van der Waals surface area contributed by atoms with E-state index >= 15 is 0 Å². The number of amides is 1. The van der Waals surface area contributed by atoms with Crippen molar-refractivity contribution < 1.29 is 18.7 Å². The summed E-state index contributed by atoms with van der Waals surface area (Å²) < 4.78 is 18.3. The van der Waals surface area contributed by atoms with E-state index in [0.29, 0.717) is 25.3 Å². The van der Waals surface area contributed by atoms with Gasteiger partial charge in [-0.2, -0.15) is 0 Å². The molecule has 1 amide bonds. The predicted octanol–water partition coefficient (Wildman–Crippen LogP) is 3.56. The first-order valence-electron chi connectivity index (χ1n) is 11.8. The van der Waals surface area contributed by atoms with Crippen LogP contribution >= 0.6 is 0 Å². The van der Waals surface area contributed by atoms with E-state index in [1.54, 1.807) is 11.8 Å². The first-order valence-corrected chi connectivity index (χ1v) is 11.8. The van der Waals surface area contributed by atoms with Crippen LogP contribution in [0.2, 0.25) is 0 Å². The van der Waals surface area contributed by atoms with Crippen molar-refractivity contribution in [2.24, 2.45) is 5.92 Å². The van der Waals surface area contributed by atoms with Gasteiger partial charge in [-0.15, -0.1) is 0 Å². The van der Waals surface area contributed by atoms with Crippen molar-refractivity contribution in [3.63, 3.8) is 0 Å². The Morgan fingerprint density at radius 3 is 2.52 bits per heavy atom. The van der Waals surface area contributed by atoms with Gasteiger partial charge in [-0.05, 0) is 61.7 Å². The lowest BCUT2D eigenvalue weighted by molar-refractivity contribution is -0.149. The molecule has 6 nitrogen and oxygen atoms in total. The highest BCUT2D eigenvalue weighted by atomic mass is 19.1. The van der Waals surface area contributed by atoms with Crippen LogP contribution < -0.4 is 4.90 Å². The Morgan fingerprint density at radius 1 is 1.03 bits per heavy atom. The molecule has 4 rings (SSSR count). The molecule has 0 saturated carbocycles. The zero-order chi connectivity index (χ0) is 23.2. The van der Waals surface area contributed by atoms with E-state index in [1.807, 2.05) is 30.3 Å². The van der Waals surface area contributed by atoms with Crippen molar-refractivity contribution in [2.45, 2.75) is 26.3 Å². The molecule has 0 aromatic heterocycles. The van der Waals surface area contributed by atoms with E-state index in [4.69, 9.17) is 4.74 Å². The maximum Gasteiger partial charge on any atom is 0.310 e. The number of halogens is 1. The maximum atomic E-state index is 13.2. The van der Waals surface area contributed by atoms with Gasteiger partial charge in [-0.1, -0.05) is 12.1 Å². The number of carbonyl (C=O) groups is 2. The maximum absolute atomic E-state index is 13.2. The number of rotatable bonds is 6. The molecule has 2 saturated heterocycles. The second-order valence-electron chi connectivity index (χ2n) is 8.78. The number of nitrogens with zero attached hydrogens (tertiary/aromatic N) is 3. The van der Waals surface area contributed by atoms with Gasteiger partial charge in [-0.25, -0.2) is 4.39 Å². The molecule has 0 unspecified atom stereocenters. The van der Waals surface area contributed by atoms with Gasteiger partial charge in [0, 0.05) is 57.1 Å². The number of benzene rings is 2. The summed E-state index contributed by atoms with van der Waals surface area (Å²) in [4.78, 5) is 31.7. The molecule has 0 spiro atoms. The summed E-state index contributed by atoms with van der Waals surface area (Å²) in [6.07, 6.45) is 1.58. The van der Waals surface area contributed by atoms with Crippen LogP contribution in [0.25, 0.3) is 0 Å². The van der Waals surface area contributed by atoms with Gasteiger partial charge in [0.2, 0.25) is 0 Å². The van der Waals surface area contributed by atoms with Crippen molar-refractivity contribution in [1.82, 2.24) is 9.80 Å². The normalized spacial score (nSPS) is 19.4. The highest BCUT2D eigenvalue weighted by molar-refractivity contribution is 5.94. The number of piperazine rings is 1. The van der Waals surface area contributed by atoms with Gasteiger partial charge < -0.3 is 14.5 Å². The molecule has 2 heterocycles. The molecule has 33 heavy (non-hydrogen) atoms. The summed E-state index contributed by atoms with van der Waals surface area (Å²) in [5, 5.41) is 0. The monoisotopic (exact) mass is 453 g/mol. The van der Waals surface area contributed by atoms with Crippen LogP contribution in [0.4, 0.5) is 10.1 Å². The summed E-state index contributed by atoms with van der Waals surface area (Å²) in [7, 11) is 0. The number of ether oxygens (including phenoxy) is 1. The van der Waals surface area contributed by atoms with Crippen LogP contribution in [-0.4, -0.2) is 67.6 Å². The lowest BCUT2D eigenvalue weighted by Crippen LogP contribution is -2.46. The minimum absolute atomic E-state index is 0.0213. The lowest BCUT2D eigenvalue weighted by Gasteiger charge is -2.36. The number of esters is 1. The van der Waals surface area contributed by atoms with Gasteiger partial charge >= 0.3 is 5.97 Å². The first kappa shape index (κ1) is 23.2. The molecule has 176 valence electrons. The van der Waals surface area contributed by atoms with Crippen molar-refractivity contribution in [1.29, 1.82) is 0 Å². The third kappa shape index (κ3) is 5.90. The molecule has 7 heteroatoms. The Hall–Kier alpha value is -2.93. The van der Waals surface area contributed by atoms with Crippen LogP contribution in [-0.2, 0) is 16.1 Å². The molecular formula is C26H32FN3O3. The molecule has 2 aliphatic rings. The molecule has 0 bridgehead atoms. The van der Waals surface area contributed by atoms with Gasteiger partial charge in [0.1, 0.15) is 5.82 Å². The number of hydrogen-bond donors (Lipinski definition) is 0. The summed E-state index contributed by atoms with van der Waals surface area (Å²) in [6.45, 7) is 7.62. The fraction of sp³-hybridized carbons (Fsp3) is 0.462. The quantitative estimate of drug-likeness (QED) is 0.626. The average Bonchev–Trinajstić information content (AvgIpc) is 2.85. The standard InChI is InChI=1S/C26H32FN3O3/c1-2-33-26(32)22-7-4-12-30(19-22)25(31)21-6-3-5-20(17-21)18-28-13-15-29(16-14-28)24-10-8-23(27)9-11-24/h3,5-6,8-11,17,22H,2,4,7,12-16,18-19H2,1H3/t22-/m1/s1. The van der Waals surface area contributed by atoms with Crippen molar-refractivity contribution >= 4 is 17.6 Å². The SMILES string of the molecule is CCOC(=O)[C@@H]1CCCN(C(=O)c2cccc(CN3CCN(c4ccc(F)cc4)CC3)c2)C1. The topological polar surface area (TPSA) is 53.1 Å². The lowest BCUT2D eigenvalue weighted by atomic mass is 9.97. The largest absolute Gasteiger partial charge is 0.466 e. The van der Waals surface area contributed by atoms with Gasteiger partial charge in [0.05, 0.1) is 12.5 Å². The molecular weight excluding hydrogens is 421 g/mol. The van der Waals surface area contributed by atoms with E-state index < -0.39 is 0 Å². The van der Waals surface area contributed by atoms with Crippen LogP contribution in [0.3, 0.4) is 0 Å². The van der Waals surface area contributed by atoms with Crippen LogP contribution in [0, 0.1) is 11.7 Å². The molecule has 2 aliphatic heterocycles. The molecule has 1 atom stereocenters. The number of piperidine rings is 1. The number of carbonyl (C=O) groups excluding carboxylic acids is 2. The smallest absolute Gasteiger partial charge is 0.310 e. The van der Waals surface area contributed by atoms with Crippen LogP contribution in [0.15, 0.2) is 48.5 Å². The van der Waals surface area contributed by atoms with Crippen molar-refractivity contribution in [3.8, 4) is 0 Å². The summed E-state index contributed by atoms with van der Waals surface area (Å²) in [6, 6.07) is 14.5. The summed E-state index contributed by atoms with van der Waals surface area (Å²) in [5.74, 6) is -0.675. The third-order valence-corrected chi connectivity index (χ3v) is 6.47. The van der Waals surface area contributed by atoms with Crippen LogP contribution in [0.5, 0.6) is 0 Å². The predicted molar refractivity (Wildman–Crippen MR) is 126 cm³/mol. The second kappa shape index (κ2) is 10.8. The van der Waals surface area contributed by atoms with Gasteiger partial charge in [0.15, 0.2) is 0 Å². The molecule has 2 aromatic rings. The highest BCUT2D eigenvalue weighted by Gasteiger charge is 2.30. The van der Waals surface area contributed by atoms with E-state index in [9.17, 15) is 14.0 Å². The third-order valence-electron chi connectivity index (χ3n) is 6.47. The van der Waals surface area contributed by atoms with Crippen LogP contribution in [0.1, 0.15) is 35.7 Å². The molecule has 0 radical (unpaired) electrons. The average molecular weight is 454 g/mol. The Kier molecular flexibility index (Phi) is 7.60. The van der Waals surface area contributed by atoms with E-state index in [1.165, 1.54) is 12.1 Å². The van der Waals surface area contributed by atoms with Crippen molar-refractivity contribution in [2.75, 3.05) is 50.8 Å². The number of likely N-dealkylation sites (tertiary alicyclic amines) is 1. The Balaban J connectivity index is 1.33. The van der Waals surface area contributed by atoms with E-state index in [-0.39, 0.29) is 23.6 Å². The summed E-state index contributed by atoms with van der Waals surface area (Å²) >= 11 is 0. The van der Waals surface area contributed by atoms with E-state index in [2.05, 4.69) is 15.9 Å². The Labute approximate surface area is 194 Å². The first-order chi connectivity index (χ1) is 16.0. The number of hydrogen-bond acceptors (Lipinski definition) is 5. The molecule has 0 N–H and O–H groups in total. The van der Waals surface area contributed by atoms with Gasteiger partial charge in [-0.3, -0.25) is 14.5 Å². The minimum Gasteiger partial charge on any atom is -0.466 e. The molecule has 0 aliphatic carbocycles. The number of anilines is 1. The molecule has 2 fully saturated rings. The van der Waals surface area contributed by atoms with E-state index in [0.717, 1.165) is 56.8 Å².